The molecule has 1 heterocycles. The van der Waals surface area contributed by atoms with Crippen LogP contribution in [0.5, 0.6) is 0 Å². The van der Waals surface area contributed by atoms with E-state index in [0.717, 1.165) is 11.6 Å². The van der Waals surface area contributed by atoms with E-state index in [-0.39, 0.29) is 5.82 Å². The van der Waals surface area contributed by atoms with Crippen LogP contribution in [-0.4, -0.2) is 15.6 Å². The van der Waals surface area contributed by atoms with Gasteiger partial charge in [0.05, 0.1) is 5.69 Å². The Bertz CT molecular complexity index is 585. The van der Waals surface area contributed by atoms with Gasteiger partial charge in [0.15, 0.2) is 0 Å². The van der Waals surface area contributed by atoms with Crippen molar-refractivity contribution in [1.82, 2.24) is 9.55 Å². The van der Waals surface area contributed by atoms with Gasteiger partial charge in [0, 0.05) is 24.0 Å². The minimum Gasteiger partial charge on any atom is -0.353 e. The van der Waals surface area contributed by atoms with Crippen LogP contribution in [0.4, 0.5) is 10.3 Å². The molecule has 2 aromatic rings. The molecule has 1 aromatic heterocycles. The molecule has 20 heavy (non-hydrogen) atoms. The van der Waals surface area contributed by atoms with Gasteiger partial charge in [-0.25, -0.2) is 9.37 Å². The molecule has 1 N–H and O–H groups in total. The molecule has 4 heteroatoms. The Morgan fingerprint density at radius 3 is 2.85 bits per heavy atom. The van der Waals surface area contributed by atoms with Crippen molar-refractivity contribution in [1.29, 1.82) is 0 Å². The van der Waals surface area contributed by atoms with Gasteiger partial charge in [-0.05, 0) is 31.9 Å². The van der Waals surface area contributed by atoms with Crippen molar-refractivity contribution in [2.75, 3.05) is 5.32 Å². The zero-order valence-electron chi connectivity index (χ0n) is 11.8. The summed E-state index contributed by atoms with van der Waals surface area (Å²) in [7, 11) is 0. The second-order valence-corrected chi connectivity index (χ2v) is 5.48. The number of anilines is 1. The molecule has 1 fully saturated rings. The maximum absolute atomic E-state index is 13.7. The number of halogens is 1. The standard InChI is InChI=1S/C16H20FN3/c1-12-14(17)8-5-9-15(12)20-11-10-18-16(20)19-13-6-3-2-4-7-13/h5,8-11,13H,2-4,6-7H2,1H3,(H,18,19). The van der Waals surface area contributed by atoms with Crippen LogP contribution in [-0.2, 0) is 0 Å². The first kappa shape index (κ1) is 13.2. The first-order chi connectivity index (χ1) is 9.75. The van der Waals surface area contributed by atoms with E-state index < -0.39 is 0 Å². The third-order valence-corrected chi connectivity index (χ3v) is 4.08. The van der Waals surface area contributed by atoms with Gasteiger partial charge in [-0.15, -0.1) is 0 Å². The predicted octanol–water partition coefficient (Wildman–Crippen LogP) is 4.06. The fraction of sp³-hybridized carbons (Fsp3) is 0.438. The molecule has 1 saturated carbocycles. The van der Waals surface area contributed by atoms with E-state index in [1.807, 2.05) is 16.8 Å². The van der Waals surface area contributed by atoms with Crippen LogP contribution in [0.25, 0.3) is 5.69 Å². The van der Waals surface area contributed by atoms with E-state index in [2.05, 4.69) is 10.3 Å². The molecule has 0 radical (unpaired) electrons. The van der Waals surface area contributed by atoms with Gasteiger partial charge in [-0.3, -0.25) is 4.57 Å². The summed E-state index contributed by atoms with van der Waals surface area (Å²) in [5.41, 5.74) is 1.50. The number of benzene rings is 1. The van der Waals surface area contributed by atoms with E-state index in [4.69, 9.17) is 0 Å². The Hall–Kier alpha value is -1.84. The lowest BCUT2D eigenvalue weighted by molar-refractivity contribution is 0.460. The Labute approximate surface area is 118 Å². The number of hydrogen-bond acceptors (Lipinski definition) is 2. The van der Waals surface area contributed by atoms with Gasteiger partial charge in [0.2, 0.25) is 5.95 Å². The van der Waals surface area contributed by atoms with E-state index >= 15 is 0 Å². The fourth-order valence-corrected chi connectivity index (χ4v) is 2.89. The topological polar surface area (TPSA) is 29.9 Å². The Balaban J connectivity index is 1.87. The zero-order valence-corrected chi connectivity index (χ0v) is 11.8. The zero-order chi connectivity index (χ0) is 13.9. The second-order valence-electron chi connectivity index (χ2n) is 5.48. The lowest BCUT2D eigenvalue weighted by Crippen LogP contribution is -2.24. The van der Waals surface area contributed by atoms with Crippen LogP contribution in [0.1, 0.15) is 37.7 Å². The number of rotatable bonds is 3. The van der Waals surface area contributed by atoms with Crippen molar-refractivity contribution in [2.45, 2.75) is 45.1 Å². The van der Waals surface area contributed by atoms with Crippen LogP contribution in [0.3, 0.4) is 0 Å². The summed E-state index contributed by atoms with van der Waals surface area (Å²) in [6.07, 6.45) is 9.90. The highest BCUT2D eigenvalue weighted by Gasteiger charge is 2.16. The average Bonchev–Trinajstić information content (AvgIpc) is 2.91. The monoisotopic (exact) mass is 273 g/mol. The second kappa shape index (κ2) is 5.65. The summed E-state index contributed by atoms with van der Waals surface area (Å²) in [6.45, 7) is 1.80. The van der Waals surface area contributed by atoms with Crippen LogP contribution < -0.4 is 5.32 Å². The quantitative estimate of drug-likeness (QED) is 0.913. The van der Waals surface area contributed by atoms with Gasteiger partial charge in [0.1, 0.15) is 5.82 Å². The van der Waals surface area contributed by atoms with E-state index in [1.165, 1.54) is 38.2 Å². The van der Waals surface area contributed by atoms with Crippen molar-refractivity contribution in [3.8, 4) is 5.69 Å². The normalized spacial score (nSPS) is 16.3. The maximum atomic E-state index is 13.7. The third kappa shape index (κ3) is 2.55. The van der Waals surface area contributed by atoms with E-state index in [9.17, 15) is 4.39 Å². The predicted molar refractivity (Wildman–Crippen MR) is 78.8 cm³/mol. The lowest BCUT2D eigenvalue weighted by atomic mass is 9.96. The maximum Gasteiger partial charge on any atom is 0.207 e. The van der Waals surface area contributed by atoms with Crippen molar-refractivity contribution < 1.29 is 4.39 Å². The van der Waals surface area contributed by atoms with Gasteiger partial charge in [-0.1, -0.05) is 25.3 Å². The summed E-state index contributed by atoms with van der Waals surface area (Å²) < 4.78 is 15.6. The van der Waals surface area contributed by atoms with Gasteiger partial charge in [-0.2, -0.15) is 0 Å². The molecule has 0 aliphatic heterocycles. The highest BCUT2D eigenvalue weighted by atomic mass is 19.1. The summed E-state index contributed by atoms with van der Waals surface area (Å²) in [4.78, 5) is 4.39. The van der Waals surface area contributed by atoms with E-state index in [1.54, 1.807) is 19.2 Å². The van der Waals surface area contributed by atoms with Crippen LogP contribution in [0, 0.1) is 12.7 Å². The molecular weight excluding hydrogens is 253 g/mol. The highest BCUT2D eigenvalue weighted by molar-refractivity contribution is 5.47. The van der Waals surface area contributed by atoms with Gasteiger partial charge in [0.25, 0.3) is 0 Å². The molecule has 0 atom stereocenters. The molecule has 1 aromatic carbocycles. The number of imidazole rings is 1. The molecule has 3 rings (SSSR count). The van der Waals surface area contributed by atoms with Crippen LogP contribution in [0.15, 0.2) is 30.6 Å². The Morgan fingerprint density at radius 1 is 1.25 bits per heavy atom. The van der Waals surface area contributed by atoms with Crippen molar-refractivity contribution >= 4 is 5.95 Å². The molecular formula is C16H20FN3. The number of nitrogens with one attached hydrogen (secondary N) is 1. The molecule has 3 nitrogen and oxygen atoms in total. The first-order valence-electron chi connectivity index (χ1n) is 7.31. The molecule has 106 valence electrons. The van der Waals surface area contributed by atoms with Crippen molar-refractivity contribution in [3.63, 3.8) is 0 Å². The average molecular weight is 273 g/mol. The fourth-order valence-electron chi connectivity index (χ4n) is 2.89. The molecule has 0 bridgehead atoms. The highest BCUT2D eigenvalue weighted by Crippen LogP contribution is 2.24. The third-order valence-electron chi connectivity index (χ3n) is 4.08. The van der Waals surface area contributed by atoms with Crippen LogP contribution in [0.2, 0.25) is 0 Å². The lowest BCUT2D eigenvalue weighted by Gasteiger charge is -2.24. The van der Waals surface area contributed by atoms with Crippen LogP contribution >= 0.6 is 0 Å². The summed E-state index contributed by atoms with van der Waals surface area (Å²) in [5, 5.41) is 3.50. The van der Waals surface area contributed by atoms with E-state index in [0.29, 0.717) is 11.6 Å². The smallest absolute Gasteiger partial charge is 0.207 e. The largest absolute Gasteiger partial charge is 0.353 e. The molecule has 0 spiro atoms. The van der Waals surface area contributed by atoms with Gasteiger partial charge >= 0.3 is 0 Å². The summed E-state index contributed by atoms with van der Waals surface area (Å²) in [6, 6.07) is 5.64. The molecule has 1 aliphatic rings. The minimum absolute atomic E-state index is 0.181. The molecule has 0 saturated heterocycles. The number of nitrogens with zero attached hydrogens (tertiary/aromatic N) is 2. The molecule has 0 unspecified atom stereocenters. The number of hydrogen-bond donors (Lipinski definition) is 1. The van der Waals surface area contributed by atoms with Crippen molar-refractivity contribution in [3.05, 3.63) is 42.0 Å². The Kier molecular flexibility index (Phi) is 3.72. The first-order valence-corrected chi connectivity index (χ1v) is 7.31. The van der Waals surface area contributed by atoms with Crippen molar-refractivity contribution in [2.24, 2.45) is 0 Å². The number of aromatic nitrogens is 2. The Morgan fingerprint density at radius 2 is 2.05 bits per heavy atom. The van der Waals surface area contributed by atoms with Gasteiger partial charge < -0.3 is 5.32 Å². The molecule has 1 aliphatic carbocycles. The summed E-state index contributed by atoms with van der Waals surface area (Å²) in [5.74, 6) is 0.630. The summed E-state index contributed by atoms with van der Waals surface area (Å²) >= 11 is 0. The SMILES string of the molecule is Cc1c(F)cccc1-n1ccnc1NC1CCCCC1. The minimum atomic E-state index is -0.181. The molecule has 0 amide bonds.